The molecule has 0 saturated heterocycles. The van der Waals surface area contributed by atoms with Gasteiger partial charge in [0, 0.05) is 11.4 Å². The van der Waals surface area contributed by atoms with E-state index >= 15 is 0 Å². The topological polar surface area (TPSA) is 64.9 Å². The number of benzene rings is 1. The molecular formula is C12H12ClN3O. The average molecular weight is 250 g/mol. The highest BCUT2D eigenvalue weighted by atomic mass is 35.5. The van der Waals surface area contributed by atoms with E-state index in [1.807, 2.05) is 24.3 Å². The van der Waals surface area contributed by atoms with E-state index in [1.54, 1.807) is 0 Å². The van der Waals surface area contributed by atoms with Gasteiger partial charge in [-0.1, -0.05) is 35.0 Å². The smallest absolute Gasteiger partial charge is 0.246 e. The van der Waals surface area contributed by atoms with Gasteiger partial charge >= 0.3 is 0 Å². The van der Waals surface area contributed by atoms with Crippen LogP contribution in [0.15, 0.2) is 28.8 Å². The summed E-state index contributed by atoms with van der Waals surface area (Å²) in [6.45, 7) is 0. The van der Waals surface area contributed by atoms with E-state index in [9.17, 15) is 0 Å². The molecule has 0 unspecified atom stereocenters. The van der Waals surface area contributed by atoms with Crippen molar-refractivity contribution in [3.05, 3.63) is 46.6 Å². The van der Waals surface area contributed by atoms with Crippen molar-refractivity contribution in [2.75, 3.05) is 0 Å². The Morgan fingerprint density at radius 1 is 1.35 bits per heavy atom. The number of hydrogen-bond donors (Lipinski definition) is 1. The molecule has 0 radical (unpaired) electrons. The van der Waals surface area contributed by atoms with E-state index in [-0.39, 0.29) is 5.54 Å². The van der Waals surface area contributed by atoms with E-state index in [1.165, 1.54) is 0 Å². The second-order valence-corrected chi connectivity index (χ2v) is 4.85. The van der Waals surface area contributed by atoms with E-state index < -0.39 is 0 Å². The lowest BCUT2D eigenvalue weighted by molar-refractivity contribution is 0.344. The SMILES string of the molecule is NC1(c2nc(Cc3ccccc3Cl)no2)CC1. The fraction of sp³-hybridized carbons (Fsp3) is 0.333. The van der Waals surface area contributed by atoms with Crippen LogP contribution in [0.3, 0.4) is 0 Å². The Kier molecular flexibility index (Phi) is 2.42. The Bertz CT molecular complexity index is 548. The molecule has 1 fully saturated rings. The van der Waals surface area contributed by atoms with Gasteiger partial charge in [-0.25, -0.2) is 0 Å². The molecule has 1 aliphatic rings. The van der Waals surface area contributed by atoms with Crippen LogP contribution in [0.4, 0.5) is 0 Å². The second kappa shape index (κ2) is 3.82. The molecule has 17 heavy (non-hydrogen) atoms. The van der Waals surface area contributed by atoms with Crippen molar-refractivity contribution < 1.29 is 4.52 Å². The van der Waals surface area contributed by atoms with Gasteiger partial charge in [0.15, 0.2) is 5.82 Å². The van der Waals surface area contributed by atoms with Gasteiger partial charge < -0.3 is 10.3 Å². The zero-order valence-electron chi connectivity index (χ0n) is 9.19. The molecular weight excluding hydrogens is 238 g/mol. The molecule has 2 N–H and O–H groups in total. The standard InChI is InChI=1S/C12H12ClN3O/c13-9-4-2-1-3-8(9)7-10-15-11(17-16-10)12(14)5-6-12/h1-4H,5-7,14H2. The Morgan fingerprint density at radius 3 is 2.82 bits per heavy atom. The number of nitrogens with two attached hydrogens (primary N) is 1. The van der Waals surface area contributed by atoms with Gasteiger partial charge in [-0.2, -0.15) is 4.98 Å². The first-order valence-electron chi connectivity index (χ1n) is 5.53. The maximum atomic E-state index is 6.07. The summed E-state index contributed by atoms with van der Waals surface area (Å²) in [4.78, 5) is 4.32. The second-order valence-electron chi connectivity index (χ2n) is 4.44. The fourth-order valence-electron chi connectivity index (χ4n) is 1.69. The molecule has 4 nitrogen and oxygen atoms in total. The number of hydrogen-bond acceptors (Lipinski definition) is 4. The van der Waals surface area contributed by atoms with Crippen molar-refractivity contribution in [1.82, 2.24) is 10.1 Å². The van der Waals surface area contributed by atoms with Gasteiger partial charge in [-0.15, -0.1) is 0 Å². The van der Waals surface area contributed by atoms with Gasteiger partial charge in [-0.3, -0.25) is 0 Å². The highest BCUT2D eigenvalue weighted by molar-refractivity contribution is 6.31. The fourth-order valence-corrected chi connectivity index (χ4v) is 1.89. The number of halogens is 1. The zero-order valence-corrected chi connectivity index (χ0v) is 9.94. The summed E-state index contributed by atoms with van der Waals surface area (Å²) in [6.07, 6.45) is 2.40. The summed E-state index contributed by atoms with van der Waals surface area (Å²) in [5.74, 6) is 1.17. The lowest BCUT2D eigenvalue weighted by Gasteiger charge is -1.99. The molecule has 1 aromatic heterocycles. The van der Waals surface area contributed by atoms with Crippen LogP contribution < -0.4 is 5.73 Å². The van der Waals surface area contributed by atoms with E-state index in [2.05, 4.69) is 10.1 Å². The van der Waals surface area contributed by atoms with Crippen LogP contribution in [-0.2, 0) is 12.0 Å². The third kappa shape index (κ3) is 2.06. The van der Waals surface area contributed by atoms with Crippen LogP contribution in [0, 0.1) is 0 Å². The zero-order chi connectivity index (χ0) is 11.9. The monoisotopic (exact) mass is 249 g/mol. The molecule has 88 valence electrons. The van der Waals surface area contributed by atoms with Crippen LogP contribution in [-0.4, -0.2) is 10.1 Å². The largest absolute Gasteiger partial charge is 0.337 e. The summed E-state index contributed by atoms with van der Waals surface area (Å²) in [7, 11) is 0. The van der Waals surface area contributed by atoms with Crippen molar-refractivity contribution in [2.45, 2.75) is 24.8 Å². The average Bonchev–Trinajstić information content (AvgIpc) is 2.90. The van der Waals surface area contributed by atoms with E-state index in [4.69, 9.17) is 21.9 Å². The summed E-state index contributed by atoms with van der Waals surface area (Å²) in [6, 6.07) is 7.64. The highest BCUT2D eigenvalue weighted by Gasteiger charge is 2.45. The van der Waals surface area contributed by atoms with Crippen molar-refractivity contribution in [3.63, 3.8) is 0 Å². The van der Waals surface area contributed by atoms with Gasteiger partial charge in [0.2, 0.25) is 5.89 Å². The minimum absolute atomic E-state index is 0.369. The molecule has 0 spiro atoms. The molecule has 2 aromatic rings. The van der Waals surface area contributed by atoms with Crippen LogP contribution in [0.25, 0.3) is 0 Å². The molecule has 3 rings (SSSR count). The number of nitrogens with zero attached hydrogens (tertiary/aromatic N) is 2. The molecule has 0 aliphatic heterocycles. The maximum absolute atomic E-state index is 6.07. The predicted molar refractivity (Wildman–Crippen MR) is 63.7 cm³/mol. The summed E-state index contributed by atoms with van der Waals surface area (Å²) in [5, 5.41) is 4.65. The van der Waals surface area contributed by atoms with Gasteiger partial charge in [0.25, 0.3) is 0 Å². The third-order valence-corrected chi connectivity index (χ3v) is 3.36. The first kappa shape index (κ1) is 10.7. The molecule has 1 aromatic carbocycles. The van der Waals surface area contributed by atoms with Crippen LogP contribution >= 0.6 is 11.6 Å². The van der Waals surface area contributed by atoms with Crippen LogP contribution in [0.5, 0.6) is 0 Å². The molecule has 0 amide bonds. The quantitative estimate of drug-likeness (QED) is 0.906. The third-order valence-electron chi connectivity index (χ3n) is 2.99. The molecule has 1 saturated carbocycles. The van der Waals surface area contributed by atoms with Crippen molar-refractivity contribution >= 4 is 11.6 Å². The number of aromatic nitrogens is 2. The van der Waals surface area contributed by atoms with Gasteiger partial charge in [-0.05, 0) is 24.5 Å². The molecule has 0 bridgehead atoms. The highest BCUT2D eigenvalue weighted by Crippen LogP contribution is 2.41. The Balaban J connectivity index is 1.82. The van der Waals surface area contributed by atoms with Crippen molar-refractivity contribution in [3.8, 4) is 0 Å². The van der Waals surface area contributed by atoms with E-state index in [0.717, 1.165) is 18.4 Å². The van der Waals surface area contributed by atoms with Gasteiger partial charge in [0.1, 0.15) is 0 Å². The number of rotatable bonds is 3. The Labute approximate surface area is 104 Å². The summed E-state index contributed by atoms with van der Waals surface area (Å²) < 4.78 is 5.17. The lowest BCUT2D eigenvalue weighted by atomic mass is 10.1. The van der Waals surface area contributed by atoms with Crippen molar-refractivity contribution in [2.24, 2.45) is 5.73 Å². The normalized spacial score (nSPS) is 17.1. The summed E-state index contributed by atoms with van der Waals surface area (Å²) >= 11 is 6.07. The molecule has 1 aliphatic carbocycles. The predicted octanol–water partition coefficient (Wildman–Crippen LogP) is 2.26. The van der Waals surface area contributed by atoms with Crippen LogP contribution in [0.2, 0.25) is 5.02 Å². The first-order chi connectivity index (χ1) is 8.17. The Hall–Kier alpha value is -1.39. The molecule has 0 atom stereocenters. The van der Waals surface area contributed by atoms with Crippen LogP contribution in [0.1, 0.15) is 30.1 Å². The first-order valence-corrected chi connectivity index (χ1v) is 5.90. The molecule has 5 heteroatoms. The minimum atomic E-state index is -0.369. The summed E-state index contributed by atoms with van der Waals surface area (Å²) in [5.41, 5.74) is 6.60. The van der Waals surface area contributed by atoms with Gasteiger partial charge in [0.05, 0.1) is 5.54 Å². The lowest BCUT2D eigenvalue weighted by Crippen LogP contribution is -2.19. The maximum Gasteiger partial charge on any atom is 0.246 e. The Morgan fingerprint density at radius 2 is 2.12 bits per heavy atom. The van der Waals surface area contributed by atoms with Crippen molar-refractivity contribution in [1.29, 1.82) is 0 Å². The minimum Gasteiger partial charge on any atom is -0.337 e. The molecule has 1 heterocycles. The van der Waals surface area contributed by atoms with E-state index in [0.29, 0.717) is 23.2 Å².